The lowest BCUT2D eigenvalue weighted by atomic mass is 9.96. The molecule has 0 aliphatic carbocycles. The molecule has 0 radical (unpaired) electrons. The van der Waals surface area contributed by atoms with Crippen molar-refractivity contribution in [3.63, 3.8) is 0 Å². The van der Waals surface area contributed by atoms with Crippen molar-refractivity contribution >= 4 is 16.9 Å². The second kappa shape index (κ2) is 6.12. The van der Waals surface area contributed by atoms with E-state index in [1.54, 1.807) is 19.9 Å². The zero-order chi connectivity index (χ0) is 15.6. The number of aromatic nitrogens is 1. The Morgan fingerprint density at radius 3 is 2.48 bits per heavy atom. The summed E-state index contributed by atoms with van der Waals surface area (Å²) < 4.78 is 5.33. The maximum absolute atomic E-state index is 12.4. The van der Waals surface area contributed by atoms with Crippen LogP contribution in [0.4, 0.5) is 0 Å². The molecular formula is C17H21NO3. The van der Waals surface area contributed by atoms with Gasteiger partial charge in [-0.1, -0.05) is 32.0 Å². The van der Waals surface area contributed by atoms with Crippen LogP contribution in [-0.4, -0.2) is 17.1 Å². The van der Waals surface area contributed by atoms with Gasteiger partial charge in [0.05, 0.1) is 11.7 Å². The zero-order valence-corrected chi connectivity index (χ0v) is 12.9. The molecule has 0 amide bonds. The largest absolute Gasteiger partial charge is 0.459 e. The second-order valence-corrected chi connectivity index (χ2v) is 5.91. The van der Waals surface area contributed by atoms with Crippen molar-refractivity contribution in [1.82, 2.24) is 4.98 Å². The molecule has 0 spiro atoms. The fourth-order valence-electron chi connectivity index (χ4n) is 2.39. The normalized spacial score (nSPS) is 11.3. The average Bonchev–Trinajstić information content (AvgIpc) is 2.38. The third-order valence-electron chi connectivity index (χ3n) is 3.18. The second-order valence-electron chi connectivity index (χ2n) is 5.91. The van der Waals surface area contributed by atoms with Gasteiger partial charge in [0.1, 0.15) is 0 Å². The van der Waals surface area contributed by atoms with Crippen molar-refractivity contribution in [1.29, 1.82) is 0 Å². The fourth-order valence-corrected chi connectivity index (χ4v) is 2.39. The molecule has 21 heavy (non-hydrogen) atoms. The molecule has 4 heteroatoms. The third kappa shape index (κ3) is 3.32. The van der Waals surface area contributed by atoms with Crippen LogP contribution in [0.15, 0.2) is 29.1 Å². The Labute approximate surface area is 124 Å². The van der Waals surface area contributed by atoms with Gasteiger partial charge < -0.3 is 9.72 Å². The van der Waals surface area contributed by atoms with Gasteiger partial charge in [-0.25, -0.2) is 4.79 Å². The van der Waals surface area contributed by atoms with Crippen LogP contribution in [0.1, 0.15) is 43.6 Å². The molecule has 0 aliphatic rings. The maximum atomic E-state index is 12.4. The smallest absolute Gasteiger partial charge is 0.339 e. The highest BCUT2D eigenvalue weighted by Gasteiger charge is 2.21. The van der Waals surface area contributed by atoms with Crippen LogP contribution in [0.2, 0.25) is 0 Å². The lowest BCUT2D eigenvalue weighted by Crippen LogP contribution is -2.23. The van der Waals surface area contributed by atoms with Crippen LogP contribution in [0, 0.1) is 5.92 Å². The van der Waals surface area contributed by atoms with E-state index in [1.807, 2.05) is 32.0 Å². The molecule has 4 nitrogen and oxygen atoms in total. The summed E-state index contributed by atoms with van der Waals surface area (Å²) in [5.41, 5.74) is 1.36. The van der Waals surface area contributed by atoms with Crippen molar-refractivity contribution in [2.45, 2.75) is 40.2 Å². The summed E-state index contributed by atoms with van der Waals surface area (Å²) in [7, 11) is 0. The first-order valence-corrected chi connectivity index (χ1v) is 7.25. The molecule has 1 aromatic heterocycles. The van der Waals surface area contributed by atoms with Crippen LogP contribution >= 0.6 is 0 Å². The predicted octanol–water partition coefficient (Wildman–Crippen LogP) is 3.29. The molecule has 0 aliphatic heterocycles. The standard InChI is InChI=1S/C17H21NO3/c1-10(2)9-13-15(17(20)21-11(3)4)12-7-5-6-8-14(12)18-16(13)19/h5-8,10-11H,9H2,1-4H3,(H,18,19). The maximum Gasteiger partial charge on any atom is 0.339 e. The fraction of sp³-hybridized carbons (Fsp3) is 0.412. The zero-order valence-electron chi connectivity index (χ0n) is 12.9. The molecule has 0 atom stereocenters. The number of H-pyrrole nitrogens is 1. The number of benzene rings is 1. The first-order valence-electron chi connectivity index (χ1n) is 7.25. The van der Waals surface area contributed by atoms with E-state index in [0.29, 0.717) is 23.1 Å². The Bertz CT molecular complexity index is 714. The number of hydrogen-bond acceptors (Lipinski definition) is 3. The lowest BCUT2D eigenvalue weighted by molar-refractivity contribution is 0.0378. The van der Waals surface area contributed by atoms with Crippen LogP contribution < -0.4 is 5.56 Å². The van der Waals surface area contributed by atoms with Gasteiger partial charge in [0, 0.05) is 16.5 Å². The quantitative estimate of drug-likeness (QED) is 0.878. The third-order valence-corrected chi connectivity index (χ3v) is 3.18. The van der Waals surface area contributed by atoms with Crippen molar-refractivity contribution in [3.8, 4) is 0 Å². The van der Waals surface area contributed by atoms with Gasteiger partial charge in [-0.15, -0.1) is 0 Å². The molecule has 2 rings (SSSR count). The number of ether oxygens (including phenoxy) is 1. The van der Waals surface area contributed by atoms with Gasteiger partial charge >= 0.3 is 5.97 Å². The summed E-state index contributed by atoms with van der Waals surface area (Å²) in [4.78, 5) is 27.6. The van der Waals surface area contributed by atoms with Crippen LogP contribution in [0.5, 0.6) is 0 Å². The van der Waals surface area contributed by atoms with E-state index < -0.39 is 5.97 Å². The number of hydrogen-bond donors (Lipinski definition) is 1. The highest BCUT2D eigenvalue weighted by atomic mass is 16.5. The van der Waals surface area contributed by atoms with Gasteiger partial charge in [0.15, 0.2) is 0 Å². The van der Waals surface area contributed by atoms with E-state index in [4.69, 9.17) is 4.74 Å². The van der Waals surface area contributed by atoms with E-state index in [0.717, 1.165) is 5.39 Å². The van der Waals surface area contributed by atoms with Crippen molar-refractivity contribution in [3.05, 3.63) is 45.7 Å². The van der Waals surface area contributed by atoms with E-state index in [-0.39, 0.29) is 17.6 Å². The molecule has 1 aromatic carbocycles. The molecule has 1 N–H and O–H groups in total. The summed E-state index contributed by atoms with van der Waals surface area (Å²) >= 11 is 0. The molecule has 2 aromatic rings. The Morgan fingerprint density at radius 2 is 1.86 bits per heavy atom. The molecule has 0 saturated heterocycles. The van der Waals surface area contributed by atoms with E-state index in [1.165, 1.54) is 0 Å². The molecule has 0 fully saturated rings. The van der Waals surface area contributed by atoms with Crippen molar-refractivity contribution < 1.29 is 9.53 Å². The topological polar surface area (TPSA) is 59.2 Å². The van der Waals surface area contributed by atoms with E-state index in [2.05, 4.69) is 4.98 Å². The molecule has 0 saturated carbocycles. The van der Waals surface area contributed by atoms with Crippen LogP contribution in [0.3, 0.4) is 0 Å². The van der Waals surface area contributed by atoms with Gasteiger partial charge in [-0.3, -0.25) is 4.79 Å². The highest BCUT2D eigenvalue weighted by Crippen LogP contribution is 2.21. The van der Waals surface area contributed by atoms with Crippen molar-refractivity contribution in [2.24, 2.45) is 5.92 Å². The monoisotopic (exact) mass is 287 g/mol. The number of pyridine rings is 1. The average molecular weight is 287 g/mol. The number of para-hydroxylation sites is 1. The number of esters is 1. The summed E-state index contributed by atoms with van der Waals surface area (Å²) in [5.74, 6) is -0.152. The van der Waals surface area contributed by atoms with Gasteiger partial charge in [0.2, 0.25) is 0 Å². The minimum atomic E-state index is -0.428. The summed E-state index contributed by atoms with van der Waals surface area (Å²) in [6.07, 6.45) is 0.324. The number of carbonyl (C=O) groups excluding carboxylic acids is 1. The minimum Gasteiger partial charge on any atom is -0.459 e. The van der Waals surface area contributed by atoms with Crippen LogP contribution in [-0.2, 0) is 11.2 Å². The molecular weight excluding hydrogens is 266 g/mol. The SMILES string of the molecule is CC(C)Cc1c(C(=O)OC(C)C)c2ccccc2[nH]c1=O. The molecule has 0 bridgehead atoms. The minimum absolute atomic E-state index is 0.210. The Morgan fingerprint density at radius 1 is 1.19 bits per heavy atom. The van der Waals surface area contributed by atoms with Crippen molar-refractivity contribution in [2.75, 3.05) is 0 Å². The summed E-state index contributed by atoms with van der Waals surface area (Å²) in [6, 6.07) is 7.32. The first kappa shape index (κ1) is 15.3. The van der Waals surface area contributed by atoms with Gasteiger partial charge in [-0.2, -0.15) is 0 Å². The Hall–Kier alpha value is -2.10. The van der Waals surface area contributed by atoms with Crippen LogP contribution in [0.25, 0.3) is 10.9 Å². The van der Waals surface area contributed by atoms with Gasteiger partial charge in [-0.05, 0) is 32.3 Å². The summed E-state index contributed by atoms with van der Waals surface area (Å²) in [6.45, 7) is 7.64. The van der Waals surface area contributed by atoms with Gasteiger partial charge in [0.25, 0.3) is 5.56 Å². The van der Waals surface area contributed by atoms with E-state index in [9.17, 15) is 9.59 Å². The first-order chi connectivity index (χ1) is 9.90. The Kier molecular flexibility index (Phi) is 4.46. The lowest BCUT2D eigenvalue weighted by Gasteiger charge is -2.15. The highest BCUT2D eigenvalue weighted by molar-refractivity contribution is 6.04. The Balaban J connectivity index is 2.71. The summed E-state index contributed by atoms with van der Waals surface area (Å²) in [5, 5.41) is 0.735. The number of aromatic amines is 1. The molecule has 1 heterocycles. The predicted molar refractivity (Wildman–Crippen MR) is 83.7 cm³/mol. The number of nitrogens with one attached hydrogen (secondary N) is 1. The number of carbonyl (C=O) groups is 1. The number of fused-ring (bicyclic) bond motifs is 1. The number of rotatable bonds is 4. The molecule has 0 unspecified atom stereocenters. The molecule has 112 valence electrons. The van der Waals surface area contributed by atoms with E-state index >= 15 is 0 Å².